The Bertz CT molecular complexity index is 876. The van der Waals surface area contributed by atoms with Crippen LogP contribution >= 0.6 is 0 Å². The van der Waals surface area contributed by atoms with Gasteiger partial charge in [-0.3, -0.25) is 4.79 Å². The van der Waals surface area contributed by atoms with E-state index in [-0.39, 0.29) is 29.4 Å². The summed E-state index contributed by atoms with van der Waals surface area (Å²) >= 11 is 0. The molecule has 0 saturated heterocycles. The van der Waals surface area contributed by atoms with Gasteiger partial charge in [-0.1, -0.05) is 0 Å². The number of methoxy groups -OCH3 is 1. The summed E-state index contributed by atoms with van der Waals surface area (Å²) < 4.78 is 58.2. The number of alkyl halides is 3. The average molecular weight is 403 g/mol. The molecule has 0 unspecified atom stereocenters. The lowest BCUT2D eigenvalue weighted by Gasteiger charge is -2.16. The quantitative estimate of drug-likeness (QED) is 0.520. The van der Waals surface area contributed by atoms with E-state index in [9.17, 15) is 22.4 Å². The fourth-order valence-electron chi connectivity index (χ4n) is 2.30. The van der Waals surface area contributed by atoms with Crippen molar-refractivity contribution in [3.8, 4) is 5.75 Å². The van der Waals surface area contributed by atoms with Gasteiger partial charge in [-0.2, -0.15) is 18.2 Å². The van der Waals surface area contributed by atoms with Crippen LogP contribution in [0.4, 0.5) is 35.0 Å². The Hall–Kier alpha value is -3.15. The minimum Gasteiger partial charge on any atom is -0.495 e. The van der Waals surface area contributed by atoms with Gasteiger partial charge in [0.25, 0.3) is 0 Å². The third kappa shape index (κ3) is 4.76. The molecule has 0 aliphatic heterocycles. The summed E-state index contributed by atoms with van der Waals surface area (Å²) in [7, 11) is 2.55. The lowest BCUT2D eigenvalue weighted by molar-refractivity contribution is -0.139. The van der Waals surface area contributed by atoms with E-state index in [1.165, 1.54) is 20.2 Å². The van der Waals surface area contributed by atoms with Crippen molar-refractivity contribution in [2.75, 3.05) is 24.8 Å². The lowest BCUT2D eigenvalue weighted by Crippen LogP contribution is -2.32. The predicted molar refractivity (Wildman–Crippen MR) is 92.1 cm³/mol. The zero-order chi connectivity index (χ0) is 21.1. The smallest absolute Gasteiger partial charge is 0.421 e. The van der Waals surface area contributed by atoms with E-state index in [0.717, 1.165) is 6.07 Å². The summed E-state index contributed by atoms with van der Waals surface area (Å²) in [6, 6.07) is 0.918. The van der Waals surface area contributed by atoms with Crippen LogP contribution in [0.5, 0.6) is 5.75 Å². The molecule has 0 bridgehead atoms. The van der Waals surface area contributed by atoms with E-state index in [2.05, 4.69) is 20.6 Å². The second-order valence-corrected chi connectivity index (χ2v) is 5.62. The van der Waals surface area contributed by atoms with Crippen molar-refractivity contribution in [3.63, 3.8) is 0 Å². The molecule has 1 aromatic carbocycles. The van der Waals surface area contributed by atoms with Gasteiger partial charge in [0.2, 0.25) is 5.95 Å². The first-order chi connectivity index (χ1) is 13.1. The molecule has 0 amide bonds. The number of aliphatic carboxylic acids is 1. The first kappa shape index (κ1) is 21.2. The third-order valence-corrected chi connectivity index (χ3v) is 3.70. The molecule has 8 nitrogen and oxygen atoms in total. The molecule has 2 aromatic rings. The van der Waals surface area contributed by atoms with Gasteiger partial charge < -0.3 is 26.2 Å². The van der Waals surface area contributed by atoms with Crippen LogP contribution in [-0.2, 0) is 17.4 Å². The molecule has 152 valence electrons. The molecule has 5 N–H and O–H groups in total. The topological polar surface area (TPSA) is 122 Å². The minimum atomic E-state index is -4.65. The zero-order valence-corrected chi connectivity index (χ0v) is 14.8. The Labute approximate surface area is 156 Å². The number of anilines is 3. The summed E-state index contributed by atoms with van der Waals surface area (Å²) in [5.74, 6) is -2.67. The fraction of sp³-hybridized carbons (Fsp3) is 0.312. The number of carboxylic acid groups (broad SMARTS) is 1. The number of benzene rings is 1. The second kappa shape index (κ2) is 8.25. The van der Waals surface area contributed by atoms with Crippen molar-refractivity contribution in [2.45, 2.75) is 18.6 Å². The minimum absolute atomic E-state index is 0.00144. The van der Waals surface area contributed by atoms with E-state index < -0.39 is 35.4 Å². The molecule has 0 radical (unpaired) electrons. The fourth-order valence-corrected chi connectivity index (χ4v) is 2.30. The molecule has 0 spiro atoms. The van der Waals surface area contributed by atoms with Crippen LogP contribution in [0.15, 0.2) is 18.3 Å². The molecule has 12 heteroatoms. The first-order valence-electron chi connectivity index (χ1n) is 7.80. The monoisotopic (exact) mass is 403 g/mol. The van der Waals surface area contributed by atoms with Crippen molar-refractivity contribution in [3.05, 3.63) is 35.3 Å². The molecule has 1 aromatic heterocycles. The Morgan fingerprint density at radius 1 is 1.39 bits per heavy atom. The average Bonchev–Trinajstić information content (AvgIpc) is 2.62. The summed E-state index contributed by atoms with van der Waals surface area (Å²) in [6.45, 7) is 0. The van der Waals surface area contributed by atoms with Crippen LogP contribution < -0.4 is 21.1 Å². The van der Waals surface area contributed by atoms with Crippen molar-refractivity contribution in [2.24, 2.45) is 5.73 Å². The highest BCUT2D eigenvalue weighted by molar-refractivity contribution is 5.74. The van der Waals surface area contributed by atoms with Crippen LogP contribution in [0.1, 0.15) is 11.1 Å². The van der Waals surface area contributed by atoms with Crippen LogP contribution in [0.3, 0.4) is 0 Å². The highest BCUT2D eigenvalue weighted by atomic mass is 19.4. The molecule has 0 saturated carbocycles. The number of ether oxygens (including phenoxy) is 1. The second-order valence-electron chi connectivity index (χ2n) is 5.62. The van der Waals surface area contributed by atoms with Gasteiger partial charge in [0.15, 0.2) is 0 Å². The number of nitrogens with zero attached hydrogens (tertiary/aromatic N) is 2. The summed E-state index contributed by atoms with van der Waals surface area (Å²) in [6.07, 6.45) is -4.34. The van der Waals surface area contributed by atoms with Gasteiger partial charge >= 0.3 is 12.1 Å². The van der Waals surface area contributed by atoms with E-state index in [0.29, 0.717) is 6.20 Å². The first-order valence-corrected chi connectivity index (χ1v) is 7.80. The molecule has 1 heterocycles. The Morgan fingerprint density at radius 3 is 2.61 bits per heavy atom. The van der Waals surface area contributed by atoms with Gasteiger partial charge in [0.1, 0.15) is 29.0 Å². The van der Waals surface area contributed by atoms with E-state index in [1.54, 1.807) is 0 Å². The zero-order valence-electron chi connectivity index (χ0n) is 14.8. The number of carboxylic acids is 1. The molecule has 0 aliphatic carbocycles. The van der Waals surface area contributed by atoms with Crippen LogP contribution in [0, 0.1) is 5.82 Å². The lowest BCUT2D eigenvalue weighted by atomic mass is 10.0. The van der Waals surface area contributed by atoms with Gasteiger partial charge in [-0.05, 0) is 11.6 Å². The number of nitrogens with one attached hydrogen (secondary N) is 2. The van der Waals surface area contributed by atoms with E-state index in [1.807, 2.05) is 0 Å². The normalized spacial score (nSPS) is 12.4. The largest absolute Gasteiger partial charge is 0.495 e. The van der Waals surface area contributed by atoms with Crippen molar-refractivity contribution >= 4 is 23.4 Å². The molecule has 0 fully saturated rings. The number of carbonyl (C=O) groups is 1. The summed E-state index contributed by atoms with van der Waals surface area (Å²) in [4.78, 5) is 18.2. The van der Waals surface area contributed by atoms with Crippen molar-refractivity contribution < 1.29 is 32.2 Å². The molecule has 0 aliphatic rings. The van der Waals surface area contributed by atoms with Crippen LogP contribution in [-0.4, -0.2) is 41.2 Å². The Kier molecular flexibility index (Phi) is 6.23. The molecule has 1 atom stereocenters. The third-order valence-electron chi connectivity index (χ3n) is 3.70. The number of hydrogen-bond acceptors (Lipinski definition) is 7. The van der Waals surface area contributed by atoms with Gasteiger partial charge in [0, 0.05) is 25.7 Å². The van der Waals surface area contributed by atoms with Gasteiger partial charge in [-0.15, -0.1) is 0 Å². The standard InChI is InChI=1S/C16H17F4N5O3/c1-22-13-8(16(18,19)20)6-23-15(25-13)24-11-5-9(17)7(4-12(11)28-2)3-10(21)14(26)27/h4-6,10H,3,21H2,1-2H3,(H,26,27)(H2,22,23,24,25)/t10-/m0/s1. The molecular weight excluding hydrogens is 386 g/mol. The molecule has 2 rings (SSSR count). The highest BCUT2D eigenvalue weighted by Gasteiger charge is 2.35. The summed E-state index contributed by atoms with van der Waals surface area (Å²) in [5, 5.41) is 13.7. The maximum Gasteiger partial charge on any atom is 0.421 e. The van der Waals surface area contributed by atoms with Gasteiger partial charge in [-0.25, -0.2) is 9.37 Å². The van der Waals surface area contributed by atoms with Crippen LogP contribution in [0.25, 0.3) is 0 Å². The highest BCUT2D eigenvalue weighted by Crippen LogP contribution is 2.35. The Balaban J connectivity index is 2.36. The number of rotatable bonds is 7. The van der Waals surface area contributed by atoms with Crippen molar-refractivity contribution in [1.29, 1.82) is 0 Å². The number of hydrogen-bond donors (Lipinski definition) is 4. The Morgan fingerprint density at radius 2 is 2.07 bits per heavy atom. The summed E-state index contributed by atoms with van der Waals surface area (Å²) in [5.41, 5.74) is 4.39. The SMILES string of the molecule is CNc1nc(Nc2cc(F)c(C[C@H](N)C(=O)O)cc2OC)ncc1C(F)(F)F. The molecule has 28 heavy (non-hydrogen) atoms. The maximum atomic E-state index is 14.3. The number of aromatic nitrogens is 2. The van der Waals surface area contributed by atoms with E-state index >= 15 is 0 Å². The number of nitrogens with two attached hydrogens (primary N) is 1. The number of halogens is 4. The van der Waals surface area contributed by atoms with E-state index in [4.69, 9.17) is 15.6 Å². The van der Waals surface area contributed by atoms with Crippen LogP contribution in [0.2, 0.25) is 0 Å². The molecular formula is C16H17F4N5O3. The predicted octanol–water partition coefficient (Wildman–Crippen LogP) is 2.38. The van der Waals surface area contributed by atoms with Gasteiger partial charge in [0.05, 0.1) is 12.8 Å². The van der Waals surface area contributed by atoms with Crippen molar-refractivity contribution in [1.82, 2.24) is 9.97 Å². The maximum absolute atomic E-state index is 14.3.